The van der Waals surface area contributed by atoms with E-state index in [2.05, 4.69) is 0 Å². The van der Waals surface area contributed by atoms with E-state index < -0.39 is 0 Å². The standard InChI is InChI=1S/C12H16ClFO2/c1-12(2,7-15)8-16-6-9-5-10(14)3-4-11(9)13/h3-5,15H,6-8H2,1-2H3. The summed E-state index contributed by atoms with van der Waals surface area (Å²) in [4.78, 5) is 0. The fraction of sp³-hybridized carbons (Fsp3) is 0.500. The molecule has 0 aliphatic carbocycles. The second-order valence-electron chi connectivity index (χ2n) is 4.55. The molecule has 0 heterocycles. The van der Waals surface area contributed by atoms with E-state index in [1.165, 1.54) is 18.2 Å². The van der Waals surface area contributed by atoms with Gasteiger partial charge in [-0.05, 0) is 23.8 Å². The highest BCUT2D eigenvalue weighted by Crippen LogP contribution is 2.20. The van der Waals surface area contributed by atoms with E-state index >= 15 is 0 Å². The van der Waals surface area contributed by atoms with Gasteiger partial charge in [0.1, 0.15) is 5.82 Å². The summed E-state index contributed by atoms with van der Waals surface area (Å²) in [6, 6.07) is 4.17. The Morgan fingerprint density at radius 2 is 2.12 bits per heavy atom. The first kappa shape index (κ1) is 13.4. The molecule has 0 aliphatic heterocycles. The van der Waals surface area contributed by atoms with Gasteiger partial charge in [0.15, 0.2) is 0 Å². The number of hydrogen-bond donors (Lipinski definition) is 1. The molecular weight excluding hydrogens is 231 g/mol. The van der Waals surface area contributed by atoms with Crippen molar-refractivity contribution in [3.05, 3.63) is 34.6 Å². The summed E-state index contributed by atoms with van der Waals surface area (Å²) in [6.45, 7) is 4.47. The van der Waals surface area contributed by atoms with E-state index in [1.54, 1.807) is 0 Å². The van der Waals surface area contributed by atoms with Crippen molar-refractivity contribution >= 4 is 11.6 Å². The Balaban J connectivity index is 2.52. The van der Waals surface area contributed by atoms with Gasteiger partial charge in [0, 0.05) is 10.4 Å². The minimum atomic E-state index is -0.329. The Kier molecular flexibility index (Phi) is 4.71. The lowest BCUT2D eigenvalue weighted by Gasteiger charge is -2.21. The van der Waals surface area contributed by atoms with Crippen LogP contribution in [0.4, 0.5) is 4.39 Å². The van der Waals surface area contributed by atoms with Crippen molar-refractivity contribution in [3.8, 4) is 0 Å². The molecule has 0 unspecified atom stereocenters. The molecule has 0 saturated heterocycles. The molecule has 0 atom stereocenters. The van der Waals surface area contributed by atoms with Crippen LogP contribution in [0.5, 0.6) is 0 Å². The molecule has 0 amide bonds. The van der Waals surface area contributed by atoms with Crippen molar-refractivity contribution in [1.82, 2.24) is 0 Å². The molecule has 0 saturated carbocycles. The van der Waals surface area contributed by atoms with Crippen molar-refractivity contribution in [2.45, 2.75) is 20.5 Å². The van der Waals surface area contributed by atoms with E-state index in [9.17, 15) is 4.39 Å². The van der Waals surface area contributed by atoms with E-state index in [-0.39, 0.29) is 24.4 Å². The molecule has 0 spiro atoms. The first-order chi connectivity index (χ1) is 7.44. The Labute approximate surface area is 100.0 Å². The summed E-state index contributed by atoms with van der Waals surface area (Å²) in [5, 5.41) is 9.51. The summed E-state index contributed by atoms with van der Waals surface area (Å²) in [5.74, 6) is -0.329. The first-order valence-electron chi connectivity index (χ1n) is 5.07. The molecule has 2 nitrogen and oxygen atoms in total. The fourth-order valence-electron chi connectivity index (χ4n) is 1.14. The van der Waals surface area contributed by atoms with Crippen molar-refractivity contribution in [3.63, 3.8) is 0 Å². The van der Waals surface area contributed by atoms with Crippen LogP contribution in [0.25, 0.3) is 0 Å². The van der Waals surface area contributed by atoms with E-state index in [4.69, 9.17) is 21.4 Å². The molecule has 0 bridgehead atoms. The lowest BCUT2D eigenvalue weighted by Crippen LogP contribution is -2.23. The summed E-state index contributed by atoms with van der Waals surface area (Å²) in [7, 11) is 0. The Morgan fingerprint density at radius 3 is 2.75 bits per heavy atom. The van der Waals surface area contributed by atoms with Crippen LogP contribution in [-0.4, -0.2) is 18.3 Å². The second-order valence-corrected chi connectivity index (χ2v) is 4.96. The lowest BCUT2D eigenvalue weighted by atomic mass is 9.97. The summed E-state index contributed by atoms with van der Waals surface area (Å²) >= 11 is 5.88. The second kappa shape index (κ2) is 5.62. The summed E-state index contributed by atoms with van der Waals surface area (Å²) < 4.78 is 18.3. The largest absolute Gasteiger partial charge is 0.396 e. The third kappa shape index (κ3) is 4.08. The van der Waals surface area contributed by atoms with Gasteiger partial charge in [-0.2, -0.15) is 0 Å². The maximum atomic E-state index is 12.9. The van der Waals surface area contributed by atoms with E-state index in [1.807, 2.05) is 13.8 Å². The fourth-order valence-corrected chi connectivity index (χ4v) is 1.31. The van der Waals surface area contributed by atoms with Crippen LogP contribution in [-0.2, 0) is 11.3 Å². The van der Waals surface area contributed by atoms with Crippen LogP contribution in [0.2, 0.25) is 5.02 Å². The Bertz CT molecular complexity index is 353. The average molecular weight is 247 g/mol. The van der Waals surface area contributed by atoms with Crippen molar-refractivity contribution in [2.75, 3.05) is 13.2 Å². The van der Waals surface area contributed by atoms with Gasteiger partial charge in [-0.15, -0.1) is 0 Å². The van der Waals surface area contributed by atoms with Gasteiger partial charge in [-0.25, -0.2) is 4.39 Å². The number of hydrogen-bond acceptors (Lipinski definition) is 2. The summed E-state index contributed by atoms with van der Waals surface area (Å²) in [5.41, 5.74) is 0.329. The maximum absolute atomic E-state index is 12.9. The van der Waals surface area contributed by atoms with Crippen LogP contribution in [0.1, 0.15) is 19.4 Å². The average Bonchev–Trinajstić information content (AvgIpc) is 2.23. The first-order valence-corrected chi connectivity index (χ1v) is 5.45. The highest BCUT2D eigenvalue weighted by atomic mass is 35.5. The monoisotopic (exact) mass is 246 g/mol. The van der Waals surface area contributed by atoms with Crippen LogP contribution in [0.3, 0.4) is 0 Å². The van der Waals surface area contributed by atoms with Crippen LogP contribution >= 0.6 is 11.6 Å². The molecule has 0 radical (unpaired) electrons. The Hall–Kier alpha value is -0.640. The number of aliphatic hydroxyl groups is 1. The SMILES string of the molecule is CC(C)(CO)COCc1cc(F)ccc1Cl. The molecule has 1 aromatic rings. The zero-order chi connectivity index (χ0) is 12.2. The van der Waals surface area contributed by atoms with Gasteiger partial charge in [0.2, 0.25) is 0 Å². The van der Waals surface area contributed by atoms with Crippen LogP contribution in [0, 0.1) is 11.2 Å². The van der Waals surface area contributed by atoms with Gasteiger partial charge in [0.25, 0.3) is 0 Å². The van der Waals surface area contributed by atoms with E-state index in [0.717, 1.165) is 0 Å². The van der Waals surface area contributed by atoms with Crippen molar-refractivity contribution in [2.24, 2.45) is 5.41 Å². The smallest absolute Gasteiger partial charge is 0.123 e. The van der Waals surface area contributed by atoms with Gasteiger partial charge >= 0.3 is 0 Å². The minimum Gasteiger partial charge on any atom is -0.396 e. The molecule has 1 aromatic carbocycles. The zero-order valence-electron chi connectivity index (χ0n) is 9.46. The Morgan fingerprint density at radius 1 is 1.44 bits per heavy atom. The number of aliphatic hydroxyl groups excluding tert-OH is 1. The van der Waals surface area contributed by atoms with Gasteiger partial charge in [-0.1, -0.05) is 25.4 Å². The highest BCUT2D eigenvalue weighted by Gasteiger charge is 2.16. The number of ether oxygens (including phenoxy) is 1. The van der Waals surface area contributed by atoms with Gasteiger partial charge in [-0.3, -0.25) is 0 Å². The summed E-state index contributed by atoms with van der Waals surface area (Å²) in [6.07, 6.45) is 0. The quantitative estimate of drug-likeness (QED) is 0.866. The number of halogens is 2. The molecule has 1 N–H and O–H groups in total. The van der Waals surface area contributed by atoms with Crippen molar-refractivity contribution in [1.29, 1.82) is 0 Å². The number of benzene rings is 1. The molecule has 16 heavy (non-hydrogen) atoms. The van der Waals surface area contributed by atoms with Gasteiger partial charge < -0.3 is 9.84 Å². The molecule has 90 valence electrons. The van der Waals surface area contributed by atoms with E-state index in [0.29, 0.717) is 17.2 Å². The minimum absolute atomic E-state index is 0.0455. The number of rotatable bonds is 5. The van der Waals surface area contributed by atoms with Crippen LogP contribution in [0.15, 0.2) is 18.2 Å². The predicted molar refractivity (Wildman–Crippen MR) is 61.9 cm³/mol. The lowest BCUT2D eigenvalue weighted by molar-refractivity contribution is 0.0197. The molecule has 1 rings (SSSR count). The third-order valence-electron chi connectivity index (χ3n) is 2.19. The molecular formula is C12H16ClFO2. The van der Waals surface area contributed by atoms with Crippen LogP contribution < -0.4 is 0 Å². The third-order valence-corrected chi connectivity index (χ3v) is 2.55. The molecule has 0 aliphatic rings. The molecule has 4 heteroatoms. The zero-order valence-corrected chi connectivity index (χ0v) is 10.2. The van der Waals surface area contributed by atoms with Gasteiger partial charge in [0.05, 0.1) is 19.8 Å². The topological polar surface area (TPSA) is 29.5 Å². The highest BCUT2D eigenvalue weighted by molar-refractivity contribution is 6.31. The normalized spacial score (nSPS) is 11.8. The van der Waals surface area contributed by atoms with Crippen molar-refractivity contribution < 1.29 is 14.2 Å². The maximum Gasteiger partial charge on any atom is 0.123 e. The molecule has 0 fully saturated rings. The molecule has 0 aromatic heterocycles. The predicted octanol–water partition coefficient (Wildman–Crippen LogP) is 3.01.